The van der Waals surface area contributed by atoms with Gasteiger partial charge in [-0.3, -0.25) is 14.2 Å². The summed E-state index contributed by atoms with van der Waals surface area (Å²) in [6.45, 7) is 5.43. The zero-order chi connectivity index (χ0) is 42.1. The normalized spacial score (nSPS) is 16.3. The average Bonchev–Trinajstić information content (AvgIpc) is 3.95. The summed E-state index contributed by atoms with van der Waals surface area (Å²) >= 11 is 0. The first-order valence-electron chi connectivity index (χ1n) is 19.1. The Balaban J connectivity index is 1.31. The Labute approximate surface area is 338 Å². The first-order chi connectivity index (χ1) is 28.3. The van der Waals surface area contributed by atoms with Gasteiger partial charge in [-0.25, -0.2) is 24.4 Å². The van der Waals surface area contributed by atoms with Crippen LogP contribution in [0.15, 0.2) is 63.7 Å². The highest BCUT2D eigenvalue weighted by atomic mass is 31.2. The van der Waals surface area contributed by atoms with E-state index in [9.17, 15) is 28.5 Å². The fourth-order valence-corrected chi connectivity index (χ4v) is 8.00. The number of ether oxygens (including phenoxy) is 2. The average molecular weight is 843 g/mol. The van der Waals surface area contributed by atoms with Gasteiger partial charge >= 0.3 is 25.3 Å². The van der Waals surface area contributed by atoms with Gasteiger partial charge in [0.25, 0.3) is 5.91 Å². The number of anilines is 1. The molecule has 5 heterocycles. The lowest BCUT2D eigenvalue weighted by Crippen LogP contribution is -2.57. The van der Waals surface area contributed by atoms with Crippen molar-refractivity contribution in [2.24, 2.45) is 0 Å². The summed E-state index contributed by atoms with van der Waals surface area (Å²) in [5.74, 6) is -2.89. The zero-order valence-electron chi connectivity index (χ0n) is 33.2. The molecule has 0 radical (unpaired) electrons. The highest BCUT2D eigenvalue weighted by molar-refractivity contribution is 7.53. The molecule has 4 aromatic rings. The van der Waals surface area contributed by atoms with Gasteiger partial charge in [-0.2, -0.15) is 0 Å². The van der Waals surface area contributed by atoms with Gasteiger partial charge in [0.05, 0.1) is 18.9 Å². The van der Waals surface area contributed by atoms with Gasteiger partial charge < -0.3 is 56.2 Å². The van der Waals surface area contributed by atoms with E-state index in [1.807, 2.05) is 30.0 Å². The van der Waals surface area contributed by atoms with Crippen LogP contribution in [0, 0.1) is 13.8 Å². The molecule has 1 aromatic carbocycles. The van der Waals surface area contributed by atoms with Gasteiger partial charge in [-0.1, -0.05) is 43.7 Å². The molecule has 1 N–H and O–H groups in total. The molecule has 2 atom stereocenters. The molecule has 0 saturated carbocycles. The van der Waals surface area contributed by atoms with Gasteiger partial charge in [-0.05, 0) is 26.7 Å². The molecule has 318 valence electrons. The van der Waals surface area contributed by atoms with Crippen LogP contribution in [0.4, 0.5) is 10.6 Å². The molecule has 59 heavy (non-hydrogen) atoms. The van der Waals surface area contributed by atoms with E-state index < -0.39 is 62.6 Å². The minimum Gasteiger partial charge on any atom is -0.449 e. The second-order valence-corrected chi connectivity index (χ2v) is 16.0. The van der Waals surface area contributed by atoms with E-state index in [1.165, 1.54) is 29.7 Å². The fraction of sp³-hybridized carbons (Fsp3) is 0.500. The summed E-state index contributed by atoms with van der Waals surface area (Å²) in [5, 5.41) is 2.71. The molecular weight excluding hydrogens is 795 g/mol. The van der Waals surface area contributed by atoms with Crippen molar-refractivity contribution in [2.75, 3.05) is 64.0 Å². The monoisotopic (exact) mass is 842 g/mol. The SMILES string of the molecule is CCCCOC(=O)N1CCN(C(=O)C(CP(=O)(OCc2oc(=O)oc2C)OCc2oc(=O)oc2C)NC(=O)c2cc(N3CCC(OC)C3)nc(-c3ccccc3)n2)CC1. The summed E-state index contributed by atoms with van der Waals surface area (Å²) in [6, 6.07) is 8.98. The minimum atomic E-state index is -4.53. The molecule has 0 spiro atoms. The molecule has 6 rings (SSSR count). The first-order valence-corrected chi connectivity index (χ1v) is 20.9. The molecular formula is C38H47N6O14P. The topological polar surface area (TPSA) is 239 Å². The lowest BCUT2D eigenvalue weighted by atomic mass is 10.2. The number of benzene rings is 1. The van der Waals surface area contributed by atoms with Gasteiger partial charge in [0, 0.05) is 58.0 Å². The number of unbranched alkanes of at least 4 members (excludes halogenated alkanes) is 1. The number of nitrogens with zero attached hydrogens (tertiary/aromatic N) is 5. The number of aromatic nitrogens is 2. The van der Waals surface area contributed by atoms with Crippen LogP contribution in [0.1, 0.15) is 59.7 Å². The van der Waals surface area contributed by atoms with Crippen LogP contribution in [0.2, 0.25) is 0 Å². The van der Waals surface area contributed by atoms with E-state index in [1.54, 1.807) is 19.2 Å². The third-order valence-corrected chi connectivity index (χ3v) is 11.7. The van der Waals surface area contributed by atoms with E-state index in [4.69, 9.17) is 41.2 Å². The standard InChI is InChI=1S/C38H47N6O14P/c1-5-6-18-52-36(47)43-16-14-42(15-17-43)35(46)29(23-59(50,53-21-30-24(2)55-37(48)57-30)54-22-31-25(3)56-38(49)58-31)40-34(45)28-19-32(44-13-12-27(20-44)51-4)41-33(39-28)26-10-8-7-9-11-26/h7-11,19,27,29H,5-6,12-18,20-23H2,1-4H3,(H,40,45). The third-order valence-electron chi connectivity index (χ3n) is 9.82. The maximum Gasteiger partial charge on any atom is 0.519 e. The van der Waals surface area contributed by atoms with Crippen LogP contribution < -0.4 is 21.9 Å². The maximum atomic E-state index is 14.7. The lowest BCUT2D eigenvalue weighted by molar-refractivity contribution is -0.134. The number of carbonyl (C=O) groups excluding carboxylic acids is 3. The lowest BCUT2D eigenvalue weighted by Gasteiger charge is -2.36. The minimum absolute atomic E-state index is 0.0463. The summed E-state index contributed by atoms with van der Waals surface area (Å²) in [7, 11) is -2.90. The smallest absolute Gasteiger partial charge is 0.449 e. The number of hydrogen-bond acceptors (Lipinski definition) is 17. The largest absolute Gasteiger partial charge is 0.519 e. The molecule has 21 heteroatoms. The number of amides is 3. The Kier molecular flexibility index (Phi) is 14.2. The summed E-state index contributed by atoms with van der Waals surface area (Å²) < 4.78 is 57.0. The Bertz CT molecular complexity index is 2180. The van der Waals surface area contributed by atoms with Crippen LogP contribution in [0.5, 0.6) is 0 Å². The maximum absolute atomic E-state index is 14.7. The predicted octanol–water partition coefficient (Wildman–Crippen LogP) is 3.88. The van der Waals surface area contributed by atoms with Crippen molar-refractivity contribution in [3.8, 4) is 11.4 Å². The van der Waals surface area contributed by atoms with Gasteiger partial charge in [0.2, 0.25) is 5.91 Å². The molecule has 0 bridgehead atoms. The Hall–Kier alpha value is -5.56. The van der Waals surface area contributed by atoms with E-state index in [-0.39, 0.29) is 73.4 Å². The molecule has 3 aromatic heterocycles. The number of hydrogen-bond donors (Lipinski definition) is 1. The van der Waals surface area contributed by atoms with Crippen molar-refractivity contribution in [3.05, 3.63) is 86.4 Å². The third kappa shape index (κ3) is 11.1. The van der Waals surface area contributed by atoms with Gasteiger partial charge in [0.1, 0.15) is 42.3 Å². The Morgan fingerprint density at radius 2 is 1.53 bits per heavy atom. The number of nitrogens with one attached hydrogen (secondary N) is 1. The summed E-state index contributed by atoms with van der Waals surface area (Å²) in [4.78, 5) is 79.2. The molecule has 2 aliphatic heterocycles. The second-order valence-electron chi connectivity index (χ2n) is 13.9. The van der Waals surface area contributed by atoms with Gasteiger partial charge in [0.15, 0.2) is 17.3 Å². The second kappa shape index (κ2) is 19.5. The van der Waals surface area contributed by atoms with E-state index >= 15 is 0 Å². The fourth-order valence-electron chi connectivity index (χ4n) is 6.39. The molecule has 3 amide bonds. The molecule has 20 nitrogen and oxygen atoms in total. The molecule has 2 fully saturated rings. The number of carbonyl (C=O) groups is 3. The first kappa shape index (κ1) is 43.0. The van der Waals surface area contributed by atoms with Crippen molar-refractivity contribution < 1.29 is 55.1 Å². The highest BCUT2D eigenvalue weighted by Crippen LogP contribution is 2.50. The molecule has 2 aliphatic rings. The zero-order valence-corrected chi connectivity index (χ0v) is 34.1. The van der Waals surface area contributed by atoms with Crippen molar-refractivity contribution in [3.63, 3.8) is 0 Å². The highest BCUT2D eigenvalue weighted by Gasteiger charge is 2.39. The van der Waals surface area contributed by atoms with Crippen LogP contribution in [0.25, 0.3) is 11.4 Å². The quantitative estimate of drug-likeness (QED) is 0.117. The summed E-state index contributed by atoms with van der Waals surface area (Å²) in [6.07, 6.45) is 0.998. The molecule has 2 saturated heterocycles. The van der Waals surface area contributed by atoms with Crippen molar-refractivity contribution >= 4 is 31.3 Å². The van der Waals surface area contributed by atoms with Crippen molar-refractivity contribution in [1.29, 1.82) is 0 Å². The Morgan fingerprint density at radius 1 is 0.898 bits per heavy atom. The van der Waals surface area contributed by atoms with Gasteiger partial charge in [-0.15, -0.1) is 0 Å². The molecule has 2 unspecified atom stereocenters. The van der Waals surface area contributed by atoms with Crippen LogP contribution >= 0.6 is 7.60 Å². The number of methoxy groups -OCH3 is 1. The van der Waals surface area contributed by atoms with Crippen molar-refractivity contribution in [2.45, 2.75) is 65.4 Å². The van der Waals surface area contributed by atoms with E-state index in [0.29, 0.717) is 30.9 Å². The predicted molar refractivity (Wildman–Crippen MR) is 207 cm³/mol. The molecule has 0 aliphatic carbocycles. The van der Waals surface area contributed by atoms with Crippen LogP contribution in [-0.2, 0) is 41.1 Å². The van der Waals surface area contributed by atoms with Crippen molar-refractivity contribution in [1.82, 2.24) is 25.1 Å². The number of rotatable bonds is 17. The summed E-state index contributed by atoms with van der Waals surface area (Å²) in [5.41, 5.74) is 0.550. The van der Waals surface area contributed by atoms with Crippen LogP contribution in [-0.4, -0.2) is 109 Å². The Morgan fingerprint density at radius 3 is 2.08 bits per heavy atom. The van der Waals surface area contributed by atoms with E-state index in [0.717, 1.165) is 12.8 Å². The van der Waals surface area contributed by atoms with Crippen LogP contribution in [0.3, 0.4) is 0 Å². The number of aryl methyl sites for hydroxylation is 2. The number of piperazine rings is 1. The van der Waals surface area contributed by atoms with E-state index in [2.05, 4.69) is 10.3 Å².